The molecular weight excluding hydrogens is 266 g/mol. The van der Waals surface area contributed by atoms with Crippen LogP contribution >= 0.6 is 0 Å². The van der Waals surface area contributed by atoms with Gasteiger partial charge in [0.25, 0.3) is 0 Å². The Morgan fingerprint density at radius 2 is 1.86 bits per heavy atom. The number of fused-ring (bicyclic) bond motifs is 1. The average Bonchev–Trinajstić information content (AvgIpc) is 2.65. The van der Waals surface area contributed by atoms with Crippen LogP contribution in [0.2, 0.25) is 0 Å². The highest BCUT2D eigenvalue weighted by Crippen LogP contribution is 2.27. The zero-order valence-corrected chi connectivity index (χ0v) is 13.4. The summed E-state index contributed by atoms with van der Waals surface area (Å²) in [6.45, 7) is 10.8. The number of ketones is 1. The smallest absolute Gasteiger partial charge is 0.229 e. The van der Waals surface area contributed by atoms with Crippen molar-refractivity contribution in [3.8, 4) is 0 Å². The molecule has 2 heterocycles. The number of hydrogen-bond donors (Lipinski definition) is 1. The summed E-state index contributed by atoms with van der Waals surface area (Å²) in [6.07, 6.45) is 1.81. The lowest BCUT2D eigenvalue weighted by Crippen LogP contribution is -2.28. The van der Waals surface area contributed by atoms with E-state index in [9.17, 15) is 9.59 Å². The van der Waals surface area contributed by atoms with E-state index >= 15 is 0 Å². The van der Waals surface area contributed by atoms with Crippen LogP contribution in [-0.2, 0) is 4.79 Å². The molecule has 5 heteroatoms. The highest BCUT2D eigenvalue weighted by molar-refractivity contribution is 6.08. The second kappa shape index (κ2) is 4.98. The van der Waals surface area contributed by atoms with Crippen molar-refractivity contribution in [3.05, 3.63) is 29.2 Å². The molecule has 0 atom stereocenters. The Kier molecular flexibility index (Phi) is 3.61. The van der Waals surface area contributed by atoms with Gasteiger partial charge in [-0.2, -0.15) is 0 Å². The van der Waals surface area contributed by atoms with Gasteiger partial charge in [0.2, 0.25) is 5.91 Å². The van der Waals surface area contributed by atoms with Gasteiger partial charge in [-0.15, -0.1) is 0 Å². The third kappa shape index (κ3) is 2.68. The predicted molar refractivity (Wildman–Crippen MR) is 82.8 cm³/mol. The zero-order chi connectivity index (χ0) is 15.9. The lowest BCUT2D eigenvalue weighted by Gasteiger charge is -2.19. The van der Waals surface area contributed by atoms with E-state index < -0.39 is 5.41 Å². The van der Waals surface area contributed by atoms with Gasteiger partial charge in [-0.3, -0.25) is 9.59 Å². The van der Waals surface area contributed by atoms with Crippen LogP contribution in [0.25, 0.3) is 5.65 Å². The molecule has 0 aliphatic rings. The second-order valence-electron chi connectivity index (χ2n) is 6.34. The number of nitrogens with zero attached hydrogens (tertiary/aromatic N) is 2. The van der Waals surface area contributed by atoms with Crippen molar-refractivity contribution in [1.29, 1.82) is 0 Å². The van der Waals surface area contributed by atoms with E-state index in [1.54, 1.807) is 6.07 Å². The first-order valence-electron chi connectivity index (χ1n) is 6.93. The number of Topliss-reactive ketones (excluding diaryl/α,β-unsaturated/α-hetero) is 1. The molecular formula is C16H21N3O2. The Morgan fingerprint density at radius 3 is 2.38 bits per heavy atom. The summed E-state index contributed by atoms with van der Waals surface area (Å²) in [5.41, 5.74) is 2.90. The van der Waals surface area contributed by atoms with E-state index in [-0.39, 0.29) is 11.7 Å². The van der Waals surface area contributed by atoms with Crippen LogP contribution in [0.3, 0.4) is 0 Å². The maximum atomic E-state index is 12.3. The summed E-state index contributed by atoms with van der Waals surface area (Å²) in [7, 11) is 0. The van der Waals surface area contributed by atoms with Crippen LogP contribution in [0, 0.1) is 19.3 Å². The second-order valence-corrected chi connectivity index (χ2v) is 6.34. The number of nitrogens with one attached hydrogen (secondary N) is 1. The van der Waals surface area contributed by atoms with Gasteiger partial charge in [-0.05, 0) is 26.8 Å². The molecule has 0 bridgehead atoms. The van der Waals surface area contributed by atoms with Crippen molar-refractivity contribution in [2.24, 2.45) is 5.41 Å². The third-order valence-electron chi connectivity index (χ3n) is 3.57. The first kappa shape index (κ1) is 15.2. The first-order valence-corrected chi connectivity index (χ1v) is 6.93. The normalized spacial score (nSPS) is 11.7. The van der Waals surface area contributed by atoms with Crippen molar-refractivity contribution >= 4 is 23.0 Å². The van der Waals surface area contributed by atoms with Crippen molar-refractivity contribution < 1.29 is 9.59 Å². The fourth-order valence-electron chi connectivity index (χ4n) is 2.06. The molecule has 21 heavy (non-hydrogen) atoms. The maximum Gasteiger partial charge on any atom is 0.229 e. The Labute approximate surface area is 124 Å². The SMILES string of the molecule is CC(=O)c1ccn2c(C)c(C)nc2c1NC(=O)C(C)(C)C. The zero-order valence-electron chi connectivity index (χ0n) is 13.4. The van der Waals surface area contributed by atoms with Crippen LogP contribution in [0.15, 0.2) is 12.3 Å². The molecule has 0 aliphatic carbocycles. The number of amides is 1. The van der Waals surface area contributed by atoms with E-state index in [0.29, 0.717) is 16.9 Å². The van der Waals surface area contributed by atoms with Crippen LogP contribution in [0.5, 0.6) is 0 Å². The lowest BCUT2D eigenvalue weighted by atomic mass is 9.95. The number of carbonyl (C=O) groups is 2. The Morgan fingerprint density at radius 1 is 1.24 bits per heavy atom. The molecule has 0 unspecified atom stereocenters. The van der Waals surface area contributed by atoms with Crippen molar-refractivity contribution in [1.82, 2.24) is 9.38 Å². The molecule has 2 aromatic heterocycles. The van der Waals surface area contributed by atoms with Crippen molar-refractivity contribution in [3.63, 3.8) is 0 Å². The van der Waals surface area contributed by atoms with Crippen LogP contribution in [0.4, 0.5) is 5.69 Å². The van der Waals surface area contributed by atoms with Gasteiger partial charge >= 0.3 is 0 Å². The average molecular weight is 287 g/mol. The molecule has 0 fully saturated rings. The Bertz CT molecular complexity index is 736. The van der Waals surface area contributed by atoms with E-state index in [2.05, 4.69) is 10.3 Å². The molecule has 0 radical (unpaired) electrons. The molecule has 0 spiro atoms. The molecule has 1 N–H and O–H groups in total. The van der Waals surface area contributed by atoms with Gasteiger partial charge in [0.1, 0.15) is 0 Å². The largest absolute Gasteiger partial charge is 0.322 e. The summed E-state index contributed by atoms with van der Waals surface area (Å²) in [5.74, 6) is -0.239. The summed E-state index contributed by atoms with van der Waals surface area (Å²) in [6, 6.07) is 1.72. The highest BCUT2D eigenvalue weighted by Gasteiger charge is 2.25. The van der Waals surface area contributed by atoms with E-state index in [1.165, 1.54) is 6.92 Å². The number of aryl methyl sites for hydroxylation is 2. The number of rotatable bonds is 2. The number of carbonyl (C=O) groups excluding carboxylic acids is 2. The number of aromatic nitrogens is 2. The molecule has 0 saturated carbocycles. The van der Waals surface area contributed by atoms with Crippen LogP contribution in [-0.4, -0.2) is 21.1 Å². The molecule has 2 rings (SSSR count). The van der Waals surface area contributed by atoms with Crippen LogP contribution < -0.4 is 5.32 Å². The quantitative estimate of drug-likeness (QED) is 0.863. The van der Waals surface area contributed by atoms with Gasteiger partial charge in [0, 0.05) is 22.9 Å². The first-order chi connectivity index (χ1) is 9.62. The number of imidazole rings is 1. The standard InChI is InChI=1S/C16H21N3O2/c1-9-10(2)19-8-7-12(11(3)20)13(14(19)17-9)18-15(21)16(4,5)6/h7-8H,1-6H3,(H,18,21). The minimum Gasteiger partial charge on any atom is -0.322 e. The van der Waals surface area contributed by atoms with Gasteiger partial charge in [0.15, 0.2) is 11.4 Å². The topological polar surface area (TPSA) is 63.5 Å². The fraction of sp³-hybridized carbons (Fsp3) is 0.438. The minimum absolute atomic E-state index is 0.0972. The number of pyridine rings is 1. The molecule has 2 aromatic rings. The number of anilines is 1. The monoisotopic (exact) mass is 287 g/mol. The molecule has 1 amide bonds. The number of hydrogen-bond acceptors (Lipinski definition) is 3. The third-order valence-corrected chi connectivity index (χ3v) is 3.57. The Balaban J connectivity index is 2.68. The van der Waals surface area contributed by atoms with Gasteiger partial charge in [-0.25, -0.2) is 4.98 Å². The van der Waals surface area contributed by atoms with Gasteiger partial charge in [-0.1, -0.05) is 20.8 Å². The summed E-state index contributed by atoms with van der Waals surface area (Å²) >= 11 is 0. The molecule has 0 saturated heterocycles. The van der Waals surface area contributed by atoms with E-state index in [1.807, 2.05) is 45.2 Å². The van der Waals surface area contributed by atoms with Gasteiger partial charge in [0.05, 0.1) is 11.4 Å². The molecule has 0 aliphatic heterocycles. The predicted octanol–water partition coefficient (Wildman–Crippen LogP) is 3.14. The van der Waals surface area contributed by atoms with Crippen molar-refractivity contribution in [2.75, 3.05) is 5.32 Å². The van der Waals surface area contributed by atoms with E-state index in [4.69, 9.17) is 0 Å². The highest BCUT2D eigenvalue weighted by atomic mass is 16.2. The summed E-state index contributed by atoms with van der Waals surface area (Å²) in [5, 5.41) is 2.87. The summed E-state index contributed by atoms with van der Waals surface area (Å²) < 4.78 is 1.89. The maximum absolute atomic E-state index is 12.3. The lowest BCUT2D eigenvalue weighted by molar-refractivity contribution is -0.123. The van der Waals surface area contributed by atoms with Gasteiger partial charge < -0.3 is 9.72 Å². The van der Waals surface area contributed by atoms with Crippen LogP contribution in [0.1, 0.15) is 49.4 Å². The minimum atomic E-state index is -0.544. The molecule has 0 aromatic carbocycles. The molecule has 5 nitrogen and oxygen atoms in total. The fourth-order valence-corrected chi connectivity index (χ4v) is 2.06. The molecule has 112 valence electrons. The van der Waals surface area contributed by atoms with Crippen molar-refractivity contribution in [2.45, 2.75) is 41.5 Å². The van der Waals surface area contributed by atoms with E-state index in [0.717, 1.165) is 11.4 Å². The Hall–Kier alpha value is -2.17. The summed E-state index contributed by atoms with van der Waals surface area (Å²) in [4.78, 5) is 28.6.